The number of aliphatic carboxylic acids is 1. The van der Waals surface area contributed by atoms with Crippen LogP contribution in [0.3, 0.4) is 0 Å². The van der Waals surface area contributed by atoms with E-state index in [-0.39, 0.29) is 36.2 Å². The molecule has 184 valence electrons. The summed E-state index contributed by atoms with van der Waals surface area (Å²) in [5.74, 6) is -1.18. The summed E-state index contributed by atoms with van der Waals surface area (Å²) < 4.78 is 7.17. The van der Waals surface area contributed by atoms with Gasteiger partial charge in [0.1, 0.15) is 12.6 Å². The molecule has 0 aromatic carbocycles. The van der Waals surface area contributed by atoms with Gasteiger partial charge in [-0.25, -0.2) is 0 Å². The van der Waals surface area contributed by atoms with Crippen molar-refractivity contribution < 1.29 is 24.2 Å². The van der Waals surface area contributed by atoms with Gasteiger partial charge >= 0.3 is 5.97 Å². The Morgan fingerprint density at radius 3 is 2.58 bits per heavy atom. The van der Waals surface area contributed by atoms with E-state index in [2.05, 4.69) is 15.6 Å². The van der Waals surface area contributed by atoms with Gasteiger partial charge in [0.25, 0.3) is 0 Å². The third kappa shape index (κ3) is 7.80. The Morgan fingerprint density at radius 2 is 1.94 bits per heavy atom. The average Bonchev–Trinajstić information content (AvgIpc) is 3.54. The summed E-state index contributed by atoms with van der Waals surface area (Å²) in [5, 5.41) is 20.3. The second kappa shape index (κ2) is 12.1. The number of carbonyl (C=O) groups excluding carboxylic acids is 2. The summed E-state index contributed by atoms with van der Waals surface area (Å²) >= 11 is 0. The van der Waals surface area contributed by atoms with Crippen LogP contribution in [-0.4, -0.2) is 75.1 Å². The number of carboxylic acid groups (broad SMARTS) is 1. The van der Waals surface area contributed by atoms with E-state index in [1.165, 1.54) is 0 Å². The number of carbonyl (C=O) groups is 3. The third-order valence-electron chi connectivity index (χ3n) is 6.35. The van der Waals surface area contributed by atoms with Crippen LogP contribution in [0.25, 0.3) is 0 Å². The molecule has 33 heavy (non-hydrogen) atoms. The summed E-state index contributed by atoms with van der Waals surface area (Å²) in [7, 11) is 0. The standard InChI is InChI=1S/C23H37N5O5/c1-16(2)21(22(30)27-9-4-3-5-10-27)24-20(29)15-33-12-6-11-28-14-18(25-26-28)13-19(23(31)32)17-7-8-17/h14,16-17,19,21H,3-13,15H2,1-2H3,(H,24,29)(H,31,32). The first-order valence-electron chi connectivity index (χ1n) is 12.1. The molecule has 2 N–H and O–H groups in total. The lowest BCUT2D eigenvalue weighted by molar-refractivity contribution is -0.142. The highest BCUT2D eigenvalue weighted by atomic mass is 16.5. The predicted octanol–water partition coefficient (Wildman–Crippen LogP) is 1.49. The fourth-order valence-corrected chi connectivity index (χ4v) is 4.25. The summed E-state index contributed by atoms with van der Waals surface area (Å²) in [6.07, 6.45) is 7.95. The summed E-state index contributed by atoms with van der Waals surface area (Å²) in [5.41, 5.74) is 0.688. The number of nitrogens with zero attached hydrogens (tertiary/aromatic N) is 4. The zero-order chi connectivity index (χ0) is 23.8. The van der Waals surface area contributed by atoms with Crippen LogP contribution in [0.5, 0.6) is 0 Å². The van der Waals surface area contributed by atoms with Gasteiger partial charge in [0.05, 0.1) is 11.6 Å². The van der Waals surface area contributed by atoms with Crippen LogP contribution in [0.15, 0.2) is 6.20 Å². The minimum absolute atomic E-state index is 0.00512. The number of hydrogen-bond acceptors (Lipinski definition) is 6. The van der Waals surface area contributed by atoms with Crippen LogP contribution in [-0.2, 0) is 32.1 Å². The molecule has 0 radical (unpaired) electrons. The normalized spacial score (nSPS) is 18.2. The first kappa shape index (κ1) is 25.1. The van der Waals surface area contributed by atoms with Crippen LogP contribution in [0, 0.1) is 17.8 Å². The molecule has 10 nitrogen and oxygen atoms in total. The molecule has 2 amide bonds. The van der Waals surface area contributed by atoms with Gasteiger partial charge in [-0.2, -0.15) is 0 Å². The molecule has 2 heterocycles. The minimum Gasteiger partial charge on any atom is -0.481 e. The largest absolute Gasteiger partial charge is 0.481 e. The number of carboxylic acids is 1. The molecule has 2 fully saturated rings. The van der Waals surface area contributed by atoms with Crippen LogP contribution >= 0.6 is 0 Å². The molecular formula is C23H37N5O5. The Hall–Kier alpha value is -2.49. The maximum absolute atomic E-state index is 12.8. The van der Waals surface area contributed by atoms with Crippen molar-refractivity contribution in [2.24, 2.45) is 17.8 Å². The van der Waals surface area contributed by atoms with Crippen molar-refractivity contribution in [1.29, 1.82) is 0 Å². The highest BCUT2D eigenvalue weighted by Crippen LogP contribution is 2.38. The van der Waals surface area contributed by atoms with Crippen molar-refractivity contribution in [2.75, 3.05) is 26.3 Å². The molecule has 0 spiro atoms. The second-order valence-electron chi connectivity index (χ2n) is 9.54. The van der Waals surface area contributed by atoms with Crippen LogP contribution in [0.2, 0.25) is 0 Å². The molecule has 1 aromatic rings. The Kier molecular flexibility index (Phi) is 9.22. The molecule has 2 atom stereocenters. The van der Waals surface area contributed by atoms with Gasteiger partial charge in [0.2, 0.25) is 11.8 Å². The van der Waals surface area contributed by atoms with Gasteiger partial charge in [-0.15, -0.1) is 5.10 Å². The molecule has 1 aromatic heterocycles. The summed E-state index contributed by atoms with van der Waals surface area (Å²) in [6, 6.07) is -0.530. The quantitative estimate of drug-likeness (QED) is 0.424. The smallest absolute Gasteiger partial charge is 0.307 e. The summed E-state index contributed by atoms with van der Waals surface area (Å²) in [4.78, 5) is 38.3. The first-order chi connectivity index (χ1) is 15.8. The van der Waals surface area contributed by atoms with E-state index in [1.54, 1.807) is 10.9 Å². The Labute approximate surface area is 195 Å². The van der Waals surface area contributed by atoms with E-state index in [0.717, 1.165) is 45.2 Å². The van der Waals surface area contributed by atoms with Crippen molar-refractivity contribution in [1.82, 2.24) is 25.2 Å². The monoisotopic (exact) mass is 463 g/mol. The number of nitrogens with one attached hydrogen (secondary N) is 1. The topological polar surface area (TPSA) is 127 Å². The lowest BCUT2D eigenvalue weighted by atomic mass is 9.98. The predicted molar refractivity (Wildman–Crippen MR) is 120 cm³/mol. The summed E-state index contributed by atoms with van der Waals surface area (Å²) in [6.45, 7) is 6.23. The van der Waals surface area contributed by atoms with E-state index >= 15 is 0 Å². The van der Waals surface area contributed by atoms with Crippen molar-refractivity contribution in [3.05, 3.63) is 11.9 Å². The van der Waals surface area contributed by atoms with Crippen LogP contribution in [0.4, 0.5) is 0 Å². The van der Waals surface area contributed by atoms with Gasteiger partial charge in [-0.3, -0.25) is 19.1 Å². The van der Waals surface area contributed by atoms with Gasteiger partial charge in [-0.1, -0.05) is 19.1 Å². The number of rotatable bonds is 13. The van der Waals surface area contributed by atoms with E-state index in [9.17, 15) is 19.5 Å². The molecule has 0 bridgehead atoms. The van der Waals surface area contributed by atoms with Crippen molar-refractivity contribution in [3.63, 3.8) is 0 Å². The number of piperidine rings is 1. The zero-order valence-electron chi connectivity index (χ0n) is 19.7. The van der Waals surface area contributed by atoms with E-state index in [1.807, 2.05) is 18.7 Å². The Bertz CT molecular complexity index is 801. The molecule has 3 rings (SSSR count). The lowest BCUT2D eigenvalue weighted by Crippen LogP contribution is -2.53. The Balaban J connectivity index is 1.34. The number of hydrogen-bond donors (Lipinski definition) is 2. The molecule has 1 saturated carbocycles. The van der Waals surface area contributed by atoms with E-state index < -0.39 is 12.0 Å². The Morgan fingerprint density at radius 1 is 1.21 bits per heavy atom. The first-order valence-corrected chi connectivity index (χ1v) is 12.1. The molecule has 1 saturated heterocycles. The molecular weight excluding hydrogens is 426 g/mol. The fourth-order valence-electron chi connectivity index (χ4n) is 4.25. The molecule has 10 heteroatoms. The second-order valence-corrected chi connectivity index (χ2v) is 9.54. The maximum atomic E-state index is 12.8. The van der Waals surface area contributed by atoms with Crippen LogP contribution in [0.1, 0.15) is 58.1 Å². The molecule has 2 unspecified atom stereocenters. The SMILES string of the molecule is CC(C)C(NC(=O)COCCCn1cc(CC(C(=O)O)C2CC2)nn1)C(=O)N1CCCCC1. The van der Waals surface area contributed by atoms with E-state index in [0.29, 0.717) is 31.7 Å². The van der Waals surface area contributed by atoms with Gasteiger partial charge in [0.15, 0.2) is 0 Å². The van der Waals surface area contributed by atoms with Gasteiger partial charge < -0.3 is 20.1 Å². The highest BCUT2D eigenvalue weighted by molar-refractivity contribution is 5.88. The average molecular weight is 464 g/mol. The van der Waals surface area contributed by atoms with Crippen molar-refractivity contribution >= 4 is 17.8 Å². The highest BCUT2D eigenvalue weighted by Gasteiger charge is 2.36. The van der Waals surface area contributed by atoms with Crippen molar-refractivity contribution in [2.45, 2.75) is 71.4 Å². The molecule has 2 aliphatic rings. The molecule has 1 aliphatic heterocycles. The zero-order valence-corrected chi connectivity index (χ0v) is 19.7. The number of aryl methyl sites for hydroxylation is 1. The van der Waals surface area contributed by atoms with Gasteiger partial charge in [-0.05, 0) is 50.4 Å². The number of aromatic nitrogens is 3. The lowest BCUT2D eigenvalue weighted by Gasteiger charge is -2.32. The van der Waals surface area contributed by atoms with E-state index in [4.69, 9.17) is 4.74 Å². The number of ether oxygens (including phenoxy) is 1. The van der Waals surface area contributed by atoms with Crippen LogP contribution < -0.4 is 5.32 Å². The fraction of sp³-hybridized carbons (Fsp3) is 0.783. The number of amides is 2. The maximum Gasteiger partial charge on any atom is 0.307 e. The molecule has 1 aliphatic carbocycles. The minimum atomic E-state index is -0.768. The third-order valence-corrected chi connectivity index (χ3v) is 6.35. The van der Waals surface area contributed by atoms with Gasteiger partial charge in [0, 0.05) is 38.9 Å². The van der Waals surface area contributed by atoms with Crippen molar-refractivity contribution in [3.8, 4) is 0 Å². The number of likely N-dealkylation sites (tertiary alicyclic amines) is 1.